The third kappa shape index (κ3) is 2.27. The fourth-order valence-corrected chi connectivity index (χ4v) is 1.11. The number of hydrogen-bond acceptors (Lipinski definition) is 2. The fourth-order valence-electron chi connectivity index (χ4n) is 1.11. The molecule has 0 aliphatic heterocycles. The highest BCUT2D eigenvalue weighted by molar-refractivity contribution is 5.25. The third-order valence-corrected chi connectivity index (χ3v) is 1.93. The van der Waals surface area contributed by atoms with E-state index in [0.717, 1.165) is 0 Å². The first kappa shape index (κ1) is 9.69. The topological polar surface area (TPSA) is 49.8 Å². The van der Waals surface area contributed by atoms with Crippen LogP contribution in [0.3, 0.4) is 0 Å². The second-order valence-electron chi connectivity index (χ2n) is 3.26. The van der Waals surface area contributed by atoms with Gasteiger partial charge in [0.1, 0.15) is 5.82 Å². The predicted molar refractivity (Wildman–Crippen MR) is 48.2 cm³/mol. The molecule has 1 rings (SSSR count). The second-order valence-corrected chi connectivity index (χ2v) is 3.26. The summed E-state index contributed by atoms with van der Waals surface area (Å²) in [6.45, 7) is 1.71. The van der Waals surface area contributed by atoms with Crippen molar-refractivity contribution in [3.63, 3.8) is 0 Å². The summed E-state index contributed by atoms with van der Waals surface area (Å²) in [5.41, 5.74) is 5.71. The Balaban J connectivity index is 3.01. The normalized spacial score (nSPS) is 14.6. The summed E-state index contributed by atoms with van der Waals surface area (Å²) in [6, 6.07) is 8.00. The van der Waals surface area contributed by atoms with E-state index in [9.17, 15) is 4.39 Å². The lowest BCUT2D eigenvalue weighted by Gasteiger charge is -2.21. The van der Waals surface area contributed by atoms with E-state index in [-0.39, 0.29) is 12.2 Å². The van der Waals surface area contributed by atoms with Crippen LogP contribution < -0.4 is 5.73 Å². The van der Waals surface area contributed by atoms with Gasteiger partial charge >= 0.3 is 0 Å². The van der Waals surface area contributed by atoms with Crippen molar-refractivity contribution in [2.24, 2.45) is 5.73 Å². The number of nitrogens with two attached hydrogens (primary N) is 1. The lowest BCUT2D eigenvalue weighted by Crippen LogP contribution is -2.32. The van der Waals surface area contributed by atoms with Crippen molar-refractivity contribution < 1.29 is 4.39 Å². The first-order chi connectivity index (χ1) is 6.06. The average Bonchev–Trinajstić information content (AvgIpc) is 2.04. The molecule has 0 saturated carbocycles. The van der Waals surface area contributed by atoms with Crippen molar-refractivity contribution in [2.75, 3.05) is 0 Å². The molecule has 0 radical (unpaired) electrons. The van der Waals surface area contributed by atoms with Gasteiger partial charge in [0.15, 0.2) is 0 Å². The molecule has 1 aromatic carbocycles. The highest BCUT2D eigenvalue weighted by atomic mass is 19.1. The molecule has 0 aliphatic rings. The lowest BCUT2D eigenvalue weighted by molar-refractivity contribution is 0.501. The predicted octanol–water partition coefficient (Wildman–Crippen LogP) is 1.91. The number of halogens is 1. The van der Waals surface area contributed by atoms with Crippen LogP contribution in [-0.2, 0) is 5.54 Å². The van der Waals surface area contributed by atoms with Crippen molar-refractivity contribution in [3.8, 4) is 6.07 Å². The van der Waals surface area contributed by atoms with Gasteiger partial charge in [0.25, 0.3) is 0 Å². The zero-order chi connectivity index (χ0) is 9.90. The van der Waals surface area contributed by atoms with Crippen LogP contribution in [0, 0.1) is 17.1 Å². The van der Waals surface area contributed by atoms with E-state index >= 15 is 0 Å². The van der Waals surface area contributed by atoms with E-state index in [1.807, 2.05) is 6.07 Å². The van der Waals surface area contributed by atoms with Gasteiger partial charge in [-0.05, 0) is 24.6 Å². The van der Waals surface area contributed by atoms with Crippen LogP contribution in [-0.4, -0.2) is 0 Å². The number of nitriles is 1. The molecule has 0 heterocycles. The number of hydrogen-bond donors (Lipinski definition) is 1. The Morgan fingerprint density at radius 3 is 2.85 bits per heavy atom. The van der Waals surface area contributed by atoms with Gasteiger partial charge in [-0.1, -0.05) is 12.1 Å². The molecular weight excluding hydrogens is 167 g/mol. The van der Waals surface area contributed by atoms with Crippen molar-refractivity contribution in [3.05, 3.63) is 35.6 Å². The van der Waals surface area contributed by atoms with Crippen LogP contribution in [0.15, 0.2) is 24.3 Å². The Kier molecular flexibility index (Phi) is 2.64. The van der Waals surface area contributed by atoms with Crippen LogP contribution in [0.1, 0.15) is 18.9 Å². The van der Waals surface area contributed by atoms with Crippen LogP contribution in [0.25, 0.3) is 0 Å². The Bertz CT molecular complexity index is 339. The lowest BCUT2D eigenvalue weighted by atomic mass is 9.90. The maximum Gasteiger partial charge on any atom is 0.123 e. The van der Waals surface area contributed by atoms with Crippen LogP contribution in [0.4, 0.5) is 4.39 Å². The van der Waals surface area contributed by atoms with E-state index in [2.05, 4.69) is 0 Å². The first-order valence-corrected chi connectivity index (χ1v) is 3.98. The quantitative estimate of drug-likeness (QED) is 0.752. The highest BCUT2D eigenvalue weighted by Gasteiger charge is 2.20. The minimum Gasteiger partial charge on any atom is -0.321 e. The third-order valence-electron chi connectivity index (χ3n) is 1.93. The second kappa shape index (κ2) is 3.55. The number of nitrogens with zero attached hydrogens (tertiary/aromatic N) is 1. The Morgan fingerprint density at radius 1 is 1.62 bits per heavy atom. The SMILES string of the molecule is C[C@](N)(CC#N)c1cccc(F)c1. The minimum atomic E-state index is -0.767. The molecule has 3 heteroatoms. The van der Waals surface area contributed by atoms with Gasteiger partial charge in [0.05, 0.1) is 18.0 Å². The van der Waals surface area contributed by atoms with Gasteiger partial charge in [-0.15, -0.1) is 0 Å². The molecule has 1 aromatic rings. The summed E-state index contributed by atoms with van der Waals surface area (Å²) in [7, 11) is 0. The average molecular weight is 178 g/mol. The molecule has 0 spiro atoms. The summed E-state index contributed by atoms with van der Waals surface area (Å²) in [5, 5.41) is 8.51. The van der Waals surface area contributed by atoms with Crippen molar-refractivity contribution in [1.29, 1.82) is 5.26 Å². The summed E-state index contributed by atoms with van der Waals surface area (Å²) in [4.78, 5) is 0. The molecule has 68 valence electrons. The summed E-state index contributed by atoms with van der Waals surface area (Å²) < 4.78 is 12.8. The van der Waals surface area contributed by atoms with E-state index in [1.165, 1.54) is 12.1 Å². The van der Waals surface area contributed by atoms with Crippen LogP contribution >= 0.6 is 0 Å². The highest BCUT2D eigenvalue weighted by Crippen LogP contribution is 2.21. The number of benzene rings is 1. The van der Waals surface area contributed by atoms with Gasteiger partial charge in [0.2, 0.25) is 0 Å². The molecule has 2 N–H and O–H groups in total. The molecule has 0 fully saturated rings. The molecule has 0 saturated heterocycles. The summed E-state index contributed by atoms with van der Waals surface area (Å²) >= 11 is 0. The van der Waals surface area contributed by atoms with Crippen molar-refractivity contribution >= 4 is 0 Å². The Hall–Kier alpha value is -1.40. The van der Waals surface area contributed by atoms with E-state index in [4.69, 9.17) is 11.0 Å². The van der Waals surface area contributed by atoms with Crippen molar-refractivity contribution in [1.82, 2.24) is 0 Å². The Labute approximate surface area is 76.8 Å². The van der Waals surface area contributed by atoms with Gasteiger partial charge in [-0.2, -0.15) is 5.26 Å². The van der Waals surface area contributed by atoms with Gasteiger partial charge < -0.3 is 5.73 Å². The molecule has 0 bridgehead atoms. The largest absolute Gasteiger partial charge is 0.321 e. The molecular formula is C10H11FN2. The smallest absolute Gasteiger partial charge is 0.123 e. The zero-order valence-corrected chi connectivity index (χ0v) is 7.42. The molecule has 0 aromatic heterocycles. The Morgan fingerprint density at radius 2 is 2.31 bits per heavy atom. The summed E-state index contributed by atoms with van der Waals surface area (Å²) in [5.74, 6) is -0.327. The van der Waals surface area contributed by atoms with E-state index in [1.54, 1.807) is 19.1 Å². The molecule has 0 aliphatic carbocycles. The van der Waals surface area contributed by atoms with Gasteiger partial charge in [-0.25, -0.2) is 4.39 Å². The zero-order valence-electron chi connectivity index (χ0n) is 7.42. The van der Waals surface area contributed by atoms with Crippen LogP contribution in [0.2, 0.25) is 0 Å². The number of rotatable bonds is 2. The van der Waals surface area contributed by atoms with Gasteiger partial charge in [-0.3, -0.25) is 0 Å². The first-order valence-electron chi connectivity index (χ1n) is 3.98. The maximum atomic E-state index is 12.8. The minimum absolute atomic E-state index is 0.177. The molecule has 0 unspecified atom stereocenters. The van der Waals surface area contributed by atoms with Crippen molar-refractivity contribution in [2.45, 2.75) is 18.9 Å². The molecule has 13 heavy (non-hydrogen) atoms. The van der Waals surface area contributed by atoms with Crippen LogP contribution in [0.5, 0.6) is 0 Å². The molecule has 2 nitrogen and oxygen atoms in total. The van der Waals surface area contributed by atoms with E-state index in [0.29, 0.717) is 5.56 Å². The maximum absolute atomic E-state index is 12.8. The standard InChI is InChI=1S/C10H11FN2/c1-10(13,5-6-12)8-3-2-4-9(11)7-8/h2-4,7H,5,13H2,1H3/t10-/m0/s1. The molecule has 0 amide bonds. The monoisotopic (exact) mass is 178 g/mol. The molecule has 1 atom stereocenters. The van der Waals surface area contributed by atoms with E-state index < -0.39 is 5.54 Å². The van der Waals surface area contributed by atoms with Gasteiger partial charge in [0, 0.05) is 0 Å². The fraction of sp³-hybridized carbons (Fsp3) is 0.300. The summed E-state index contributed by atoms with van der Waals surface area (Å²) in [6.07, 6.45) is 0.177.